The lowest BCUT2D eigenvalue weighted by atomic mass is 10.1. The summed E-state index contributed by atoms with van der Waals surface area (Å²) in [6.45, 7) is 2.96. The maximum Gasteiger partial charge on any atom is 0.234 e. The lowest BCUT2D eigenvalue weighted by Gasteiger charge is -2.26. The van der Waals surface area contributed by atoms with E-state index in [9.17, 15) is 4.79 Å². The van der Waals surface area contributed by atoms with E-state index in [0.29, 0.717) is 0 Å². The molecule has 7 heteroatoms. The Morgan fingerprint density at radius 2 is 1.64 bits per heavy atom. The van der Waals surface area contributed by atoms with Crippen LogP contribution in [0.3, 0.4) is 0 Å². The molecule has 0 saturated carbocycles. The second kappa shape index (κ2) is 10.2. The lowest BCUT2D eigenvalue weighted by molar-refractivity contribution is -0.113. The third kappa shape index (κ3) is 5.10. The Kier molecular flexibility index (Phi) is 6.69. The normalized spacial score (nSPS) is 14.4. The maximum absolute atomic E-state index is 12.8. The summed E-state index contributed by atoms with van der Waals surface area (Å²) in [6.07, 6.45) is 3.76. The Bertz CT molecular complexity index is 1230. The van der Waals surface area contributed by atoms with Crippen molar-refractivity contribution in [3.8, 4) is 5.69 Å². The summed E-state index contributed by atoms with van der Waals surface area (Å²) in [7, 11) is 0. The predicted octanol–water partition coefficient (Wildman–Crippen LogP) is 5.14. The minimum atomic E-state index is -0.0588. The number of para-hydroxylation sites is 1. The largest absolute Gasteiger partial charge is 0.325 e. The molecule has 1 amide bonds. The van der Waals surface area contributed by atoms with Crippen LogP contribution in [0.15, 0.2) is 78.0 Å². The molecule has 1 fully saturated rings. The average Bonchev–Trinajstić information content (AvgIpc) is 3.26. The van der Waals surface area contributed by atoms with Crippen LogP contribution in [0.2, 0.25) is 0 Å². The summed E-state index contributed by atoms with van der Waals surface area (Å²) in [5.74, 6) is 1.12. The molecule has 6 nitrogen and oxygen atoms in total. The highest BCUT2D eigenvalue weighted by Gasteiger charge is 2.19. The molecule has 1 aliphatic heterocycles. The lowest BCUT2D eigenvalue weighted by Crippen LogP contribution is -2.30. The fraction of sp³-hybridized carbons (Fsp3) is 0.269. The Morgan fingerprint density at radius 1 is 0.879 bits per heavy atom. The number of anilines is 1. The first-order valence-corrected chi connectivity index (χ1v) is 12.4. The highest BCUT2D eigenvalue weighted by Crippen LogP contribution is 2.26. The topological polar surface area (TPSA) is 63.1 Å². The molecule has 3 aromatic carbocycles. The number of fused-ring (bicyclic) bond motifs is 1. The predicted molar refractivity (Wildman–Crippen MR) is 134 cm³/mol. The first-order chi connectivity index (χ1) is 16.3. The number of rotatable bonds is 7. The second-order valence-electron chi connectivity index (χ2n) is 8.27. The van der Waals surface area contributed by atoms with Crippen molar-refractivity contribution in [1.29, 1.82) is 0 Å². The molecule has 0 unspecified atom stereocenters. The van der Waals surface area contributed by atoms with Gasteiger partial charge in [0.2, 0.25) is 5.91 Å². The van der Waals surface area contributed by atoms with Crippen molar-refractivity contribution in [3.63, 3.8) is 0 Å². The summed E-state index contributed by atoms with van der Waals surface area (Å²) in [4.78, 5) is 15.2. The van der Waals surface area contributed by atoms with Gasteiger partial charge in [-0.25, -0.2) is 0 Å². The van der Waals surface area contributed by atoms with Gasteiger partial charge in [-0.15, -0.1) is 10.2 Å². The van der Waals surface area contributed by atoms with Crippen LogP contribution in [0.25, 0.3) is 16.5 Å². The van der Waals surface area contributed by atoms with Gasteiger partial charge in [0.1, 0.15) is 0 Å². The summed E-state index contributed by atoms with van der Waals surface area (Å²) < 4.78 is 2.09. The molecule has 5 rings (SSSR count). The molecule has 1 N–H and O–H groups in total. The fourth-order valence-corrected chi connectivity index (χ4v) is 5.07. The van der Waals surface area contributed by atoms with Gasteiger partial charge in [-0.1, -0.05) is 72.8 Å². The fourth-order valence-electron chi connectivity index (χ4n) is 4.30. The number of aromatic nitrogens is 3. The number of hydrogen-bond donors (Lipinski definition) is 1. The number of thioether (sulfide) groups is 1. The number of amides is 1. The molecule has 1 saturated heterocycles. The first kappa shape index (κ1) is 21.7. The van der Waals surface area contributed by atoms with E-state index in [4.69, 9.17) is 0 Å². The Balaban J connectivity index is 1.33. The van der Waals surface area contributed by atoms with Crippen LogP contribution < -0.4 is 5.32 Å². The van der Waals surface area contributed by atoms with Gasteiger partial charge in [0.05, 0.1) is 12.3 Å². The number of benzene rings is 3. The van der Waals surface area contributed by atoms with E-state index in [1.807, 2.05) is 60.7 Å². The van der Waals surface area contributed by atoms with Crippen LogP contribution in [0.1, 0.15) is 25.1 Å². The van der Waals surface area contributed by atoms with Crippen molar-refractivity contribution in [3.05, 3.63) is 78.6 Å². The molecule has 0 aliphatic carbocycles. The molecule has 0 spiro atoms. The molecule has 1 aromatic heterocycles. The first-order valence-electron chi connectivity index (χ1n) is 11.4. The summed E-state index contributed by atoms with van der Waals surface area (Å²) in [6, 6.07) is 24.2. The van der Waals surface area contributed by atoms with E-state index in [1.54, 1.807) is 0 Å². The number of hydrogen-bond acceptors (Lipinski definition) is 5. The van der Waals surface area contributed by atoms with Crippen molar-refractivity contribution >= 4 is 34.1 Å². The van der Waals surface area contributed by atoms with Gasteiger partial charge in [-0.3, -0.25) is 14.3 Å². The van der Waals surface area contributed by atoms with Gasteiger partial charge in [-0.2, -0.15) is 0 Å². The van der Waals surface area contributed by atoms with Gasteiger partial charge < -0.3 is 5.32 Å². The SMILES string of the molecule is O=C(CSc1nnc(CN2CCCCC2)n1-c1ccccc1)Nc1cccc2ccccc12. The highest BCUT2D eigenvalue weighted by atomic mass is 32.2. The quantitative estimate of drug-likeness (QED) is 0.390. The highest BCUT2D eigenvalue weighted by molar-refractivity contribution is 7.99. The zero-order valence-corrected chi connectivity index (χ0v) is 19.3. The maximum atomic E-state index is 12.8. The molecule has 4 aromatic rings. The number of likely N-dealkylation sites (tertiary alicyclic amines) is 1. The molecule has 168 valence electrons. The van der Waals surface area contributed by atoms with E-state index in [-0.39, 0.29) is 11.7 Å². The summed E-state index contributed by atoms with van der Waals surface area (Å²) in [5.41, 5.74) is 1.85. The van der Waals surface area contributed by atoms with Crippen LogP contribution in [-0.2, 0) is 11.3 Å². The van der Waals surface area contributed by atoms with Crippen molar-refractivity contribution in [1.82, 2.24) is 19.7 Å². The smallest absolute Gasteiger partial charge is 0.234 e. The van der Waals surface area contributed by atoms with Crippen LogP contribution in [0.5, 0.6) is 0 Å². The molecular formula is C26H27N5OS. The molecule has 0 bridgehead atoms. The molecule has 33 heavy (non-hydrogen) atoms. The Morgan fingerprint density at radius 3 is 2.48 bits per heavy atom. The van der Waals surface area contributed by atoms with Crippen molar-refractivity contribution in [2.75, 3.05) is 24.2 Å². The molecule has 2 heterocycles. The van der Waals surface area contributed by atoms with Crippen LogP contribution >= 0.6 is 11.8 Å². The summed E-state index contributed by atoms with van der Waals surface area (Å²) >= 11 is 1.42. The van der Waals surface area contributed by atoms with Gasteiger partial charge in [0.15, 0.2) is 11.0 Å². The van der Waals surface area contributed by atoms with E-state index >= 15 is 0 Å². The van der Waals surface area contributed by atoms with Crippen molar-refractivity contribution in [2.24, 2.45) is 0 Å². The van der Waals surface area contributed by atoms with Crippen molar-refractivity contribution in [2.45, 2.75) is 31.0 Å². The Hall–Kier alpha value is -3.16. The third-order valence-electron chi connectivity index (χ3n) is 5.92. The van der Waals surface area contributed by atoms with Gasteiger partial charge in [-0.05, 0) is 49.5 Å². The van der Waals surface area contributed by atoms with Crippen molar-refractivity contribution < 1.29 is 4.79 Å². The van der Waals surface area contributed by atoms with Crippen LogP contribution in [0.4, 0.5) is 5.69 Å². The Labute approximate surface area is 198 Å². The van der Waals surface area contributed by atoms with E-state index < -0.39 is 0 Å². The molecule has 1 aliphatic rings. The number of piperidine rings is 1. The third-order valence-corrected chi connectivity index (χ3v) is 6.85. The number of carbonyl (C=O) groups excluding carboxylic acids is 1. The molecular weight excluding hydrogens is 430 g/mol. The number of nitrogens with zero attached hydrogens (tertiary/aromatic N) is 4. The summed E-state index contributed by atoms with van der Waals surface area (Å²) in [5, 5.41) is 14.9. The minimum absolute atomic E-state index is 0.0588. The zero-order chi connectivity index (χ0) is 22.5. The van der Waals surface area contributed by atoms with Crippen LogP contribution in [0, 0.1) is 0 Å². The van der Waals surface area contributed by atoms with E-state index in [1.165, 1.54) is 31.0 Å². The van der Waals surface area contributed by atoms with Gasteiger partial charge in [0, 0.05) is 16.8 Å². The van der Waals surface area contributed by atoms with E-state index in [0.717, 1.165) is 52.8 Å². The zero-order valence-electron chi connectivity index (χ0n) is 18.5. The van der Waals surface area contributed by atoms with E-state index in [2.05, 4.69) is 37.1 Å². The minimum Gasteiger partial charge on any atom is -0.325 e. The number of nitrogens with one attached hydrogen (secondary N) is 1. The molecule has 0 radical (unpaired) electrons. The molecule has 0 atom stereocenters. The standard InChI is InChI=1S/C26H27N5OS/c32-25(27-23-15-9-11-20-10-5-6-14-22(20)23)19-33-26-29-28-24(18-30-16-7-2-8-17-30)31(26)21-12-3-1-4-13-21/h1,3-6,9-15H,2,7-8,16-19H2,(H,27,32). The monoisotopic (exact) mass is 457 g/mol. The second-order valence-corrected chi connectivity index (χ2v) is 9.21. The van der Waals surface area contributed by atoms with Crippen LogP contribution in [-0.4, -0.2) is 44.4 Å². The average molecular weight is 458 g/mol. The van der Waals surface area contributed by atoms with Gasteiger partial charge in [0.25, 0.3) is 0 Å². The number of carbonyl (C=O) groups is 1. The van der Waals surface area contributed by atoms with Gasteiger partial charge >= 0.3 is 0 Å².